The number of rotatable bonds is 3. The molecule has 6 heteroatoms. The van der Waals surface area contributed by atoms with Gasteiger partial charge in [0.1, 0.15) is 19.0 Å². The molecule has 20 heavy (non-hydrogen) atoms. The zero-order chi connectivity index (χ0) is 13.9. The lowest BCUT2D eigenvalue weighted by Crippen LogP contribution is -2.27. The van der Waals surface area contributed by atoms with Gasteiger partial charge < -0.3 is 19.4 Å². The van der Waals surface area contributed by atoms with E-state index in [9.17, 15) is 4.79 Å². The minimum Gasteiger partial charge on any atom is -0.486 e. The van der Waals surface area contributed by atoms with Gasteiger partial charge in [0.25, 0.3) is 5.91 Å². The summed E-state index contributed by atoms with van der Waals surface area (Å²) in [6.45, 7) is 1.48. The molecule has 104 valence electrons. The van der Waals surface area contributed by atoms with E-state index < -0.39 is 0 Å². The number of fused-ring (bicyclic) bond motifs is 1. The van der Waals surface area contributed by atoms with Crippen LogP contribution >= 0.6 is 0 Å². The van der Waals surface area contributed by atoms with Gasteiger partial charge in [-0.3, -0.25) is 4.79 Å². The SMILES string of the molecule is CN(Cc1ncc[nH]1)C(=O)c1ccc2c(c1)OCCO2. The van der Waals surface area contributed by atoms with E-state index in [0.717, 1.165) is 5.82 Å². The third kappa shape index (κ3) is 2.45. The first-order valence-electron chi connectivity index (χ1n) is 6.37. The normalized spacial score (nSPS) is 13.1. The molecule has 0 radical (unpaired) electrons. The summed E-state index contributed by atoms with van der Waals surface area (Å²) in [6, 6.07) is 5.23. The first kappa shape index (κ1) is 12.5. The number of benzene rings is 1. The first-order valence-corrected chi connectivity index (χ1v) is 6.37. The summed E-state index contributed by atoms with van der Waals surface area (Å²) < 4.78 is 10.9. The number of nitrogens with one attached hydrogen (secondary N) is 1. The Morgan fingerprint density at radius 3 is 2.90 bits per heavy atom. The molecule has 1 aromatic heterocycles. The van der Waals surface area contributed by atoms with Crippen molar-refractivity contribution in [3.63, 3.8) is 0 Å². The quantitative estimate of drug-likeness (QED) is 0.919. The van der Waals surface area contributed by atoms with Crippen molar-refractivity contribution in [3.8, 4) is 11.5 Å². The maximum atomic E-state index is 12.3. The Morgan fingerprint density at radius 1 is 1.35 bits per heavy atom. The van der Waals surface area contributed by atoms with Crippen LogP contribution in [-0.2, 0) is 6.54 Å². The molecule has 0 saturated carbocycles. The lowest BCUT2D eigenvalue weighted by Gasteiger charge is -2.20. The van der Waals surface area contributed by atoms with Crippen LogP contribution in [0.2, 0.25) is 0 Å². The van der Waals surface area contributed by atoms with Gasteiger partial charge in [-0.05, 0) is 18.2 Å². The van der Waals surface area contributed by atoms with Crippen molar-refractivity contribution in [2.75, 3.05) is 20.3 Å². The number of hydrogen-bond acceptors (Lipinski definition) is 4. The second-order valence-corrected chi connectivity index (χ2v) is 4.56. The Hall–Kier alpha value is -2.50. The fraction of sp³-hybridized carbons (Fsp3) is 0.286. The zero-order valence-electron chi connectivity index (χ0n) is 11.1. The molecule has 1 amide bonds. The fourth-order valence-electron chi connectivity index (χ4n) is 2.08. The van der Waals surface area contributed by atoms with Gasteiger partial charge in [0.05, 0.1) is 6.54 Å². The van der Waals surface area contributed by atoms with Crippen LogP contribution < -0.4 is 9.47 Å². The number of imidazole rings is 1. The molecule has 0 spiro atoms. The molecule has 0 atom stereocenters. The summed E-state index contributed by atoms with van der Waals surface area (Å²) in [7, 11) is 1.74. The van der Waals surface area contributed by atoms with E-state index in [1.54, 1.807) is 42.5 Å². The molecular formula is C14H15N3O3. The van der Waals surface area contributed by atoms with E-state index in [-0.39, 0.29) is 5.91 Å². The van der Waals surface area contributed by atoms with Gasteiger partial charge in [-0.1, -0.05) is 0 Å². The van der Waals surface area contributed by atoms with Crippen molar-refractivity contribution >= 4 is 5.91 Å². The van der Waals surface area contributed by atoms with Gasteiger partial charge in [-0.15, -0.1) is 0 Å². The second-order valence-electron chi connectivity index (χ2n) is 4.56. The van der Waals surface area contributed by atoms with E-state index in [1.165, 1.54) is 0 Å². The Bertz CT molecular complexity index is 610. The number of amides is 1. The van der Waals surface area contributed by atoms with Crippen LogP contribution in [0.4, 0.5) is 0 Å². The lowest BCUT2D eigenvalue weighted by molar-refractivity contribution is 0.0780. The van der Waals surface area contributed by atoms with Crippen molar-refractivity contribution in [2.24, 2.45) is 0 Å². The van der Waals surface area contributed by atoms with E-state index in [4.69, 9.17) is 9.47 Å². The van der Waals surface area contributed by atoms with E-state index in [0.29, 0.717) is 36.8 Å². The summed E-state index contributed by atoms with van der Waals surface area (Å²) in [5.74, 6) is 1.96. The molecule has 0 unspecified atom stereocenters. The number of aromatic nitrogens is 2. The molecule has 3 rings (SSSR count). The molecule has 1 N–H and O–H groups in total. The highest BCUT2D eigenvalue weighted by atomic mass is 16.6. The van der Waals surface area contributed by atoms with Crippen molar-refractivity contribution < 1.29 is 14.3 Å². The fourth-order valence-corrected chi connectivity index (χ4v) is 2.08. The lowest BCUT2D eigenvalue weighted by atomic mass is 10.1. The predicted octanol–water partition coefficient (Wildman–Crippen LogP) is 1.45. The minimum atomic E-state index is -0.0848. The van der Waals surface area contributed by atoms with Crippen LogP contribution in [0.15, 0.2) is 30.6 Å². The van der Waals surface area contributed by atoms with Gasteiger partial charge in [-0.2, -0.15) is 0 Å². The van der Waals surface area contributed by atoms with Gasteiger partial charge >= 0.3 is 0 Å². The van der Waals surface area contributed by atoms with E-state index in [2.05, 4.69) is 9.97 Å². The van der Waals surface area contributed by atoms with Crippen LogP contribution in [-0.4, -0.2) is 41.0 Å². The summed E-state index contributed by atoms with van der Waals surface area (Å²) >= 11 is 0. The van der Waals surface area contributed by atoms with Crippen LogP contribution in [0.1, 0.15) is 16.2 Å². The van der Waals surface area contributed by atoms with E-state index in [1.807, 2.05) is 0 Å². The molecular weight excluding hydrogens is 258 g/mol. The number of carbonyl (C=O) groups is 1. The highest BCUT2D eigenvalue weighted by Crippen LogP contribution is 2.31. The van der Waals surface area contributed by atoms with Crippen molar-refractivity contribution in [1.82, 2.24) is 14.9 Å². The Kier molecular flexibility index (Phi) is 3.28. The van der Waals surface area contributed by atoms with Crippen LogP contribution in [0.25, 0.3) is 0 Å². The Balaban J connectivity index is 1.76. The van der Waals surface area contributed by atoms with Crippen molar-refractivity contribution in [3.05, 3.63) is 42.0 Å². The summed E-state index contributed by atoms with van der Waals surface area (Å²) in [6.07, 6.45) is 3.40. The van der Waals surface area contributed by atoms with Crippen molar-refractivity contribution in [1.29, 1.82) is 0 Å². The number of H-pyrrole nitrogens is 1. The number of hydrogen-bond donors (Lipinski definition) is 1. The van der Waals surface area contributed by atoms with Crippen LogP contribution in [0.5, 0.6) is 11.5 Å². The number of aromatic amines is 1. The second kappa shape index (κ2) is 5.24. The Labute approximate surface area is 116 Å². The first-order chi connectivity index (χ1) is 9.74. The van der Waals surface area contributed by atoms with Gasteiger partial charge in [0.15, 0.2) is 11.5 Å². The average Bonchev–Trinajstić information content (AvgIpc) is 2.99. The highest BCUT2D eigenvalue weighted by Gasteiger charge is 2.17. The third-order valence-electron chi connectivity index (χ3n) is 3.08. The molecule has 1 aliphatic heterocycles. The molecule has 0 fully saturated rings. The molecule has 6 nitrogen and oxygen atoms in total. The van der Waals surface area contributed by atoms with Crippen LogP contribution in [0.3, 0.4) is 0 Å². The molecule has 2 aromatic rings. The molecule has 0 saturated heterocycles. The topological polar surface area (TPSA) is 67.5 Å². The molecule has 1 aromatic carbocycles. The van der Waals surface area contributed by atoms with Gasteiger partial charge in [-0.25, -0.2) is 4.98 Å². The van der Waals surface area contributed by atoms with E-state index >= 15 is 0 Å². The summed E-state index contributed by atoms with van der Waals surface area (Å²) in [5.41, 5.74) is 0.573. The Morgan fingerprint density at radius 2 is 2.15 bits per heavy atom. The largest absolute Gasteiger partial charge is 0.486 e. The van der Waals surface area contributed by atoms with Gasteiger partial charge in [0.2, 0.25) is 0 Å². The molecule has 2 heterocycles. The number of carbonyl (C=O) groups excluding carboxylic acids is 1. The molecule has 0 aliphatic carbocycles. The highest BCUT2D eigenvalue weighted by molar-refractivity contribution is 5.94. The summed E-state index contributed by atoms with van der Waals surface area (Å²) in [4.78, 5) is 21.0. The maximum Gasteiger partial charge on any atom is 0.254 e. The van der Waals surface area contributed by atoms with Crippen molar-refractivity contribution in [2.45, 2.75) is 6.54 Å². The number of nitrogens with zero attached hydrogens (tertiary/aromatic N) is 2. The summed E-state index contributed by atoms with van der Waals surface area (Å²) in [5, 5.41) is 0. The monoisotopic (exact) mass is 273 g/mol. The number of ether oxygens (including phenoxy) is 2. The molecule has 1 aliphatic rings. The smallest absolute Gasteiger partial charge is 0.254 e. The third-order valence-corrected chi connectivity index (χ3v) is 3.08. The van der Waals surface area contributed by atoms with Crippen LogP contribution in [0, 0.1) is 0 Å². The average molecular weight is 273 g/mol. The maximum absolute atomic E-state index is 12.3. The minimum absolute atomic E-state index is 0.0848. The molecule has 0 bridgehead atoms. The predicted molar refractivity (Wildman–Crippen MR) is 71.8 cm³/mol. The standard InChI is InChI=1S/C14H15N3O3/c1-17(9-13-15-4-5-16-13)14(18)10-2-3-11-12(8-10)20-7-6-19-11/h2-5,8H,6-7,9H2,1H3,(H,15,16). The van der Waals surface area contributed by atoms with Gasteiger partial charge in [0, 0.05) is 25.0 Å². The zero-order valence-corrected chi connectivity index (χ0v) is 11.1.